The van der Waals surface area contributed by atoms with Gasteiger partial charge in [-0.1, -0.05) is 5.21 Å². The first-order valence-corrected chi connectivity index (χ1v) is 27.2. The number of esters is 1. The van der Waals surface area contributed by atoms with Gasteiger partial charge in [-0.3, -0.25) is 9.36 Å². The maximum Gasteiger partial charge on any atom is 0.350 e. The molecule has 0 unspecified atom stereocenters. The molecule has 5 N–H and O–H groups in total. The number of halogens is 4. The summed E-state index contributed by atoms with van der Waals surface area (Å²) in [6.07, 6.45) is -0.762. The van der Waals surface area contributed by atoms with Crippen LogP contribution in [0, 0.1) is 22.9 Å². The molecule has 2 aromatic heterocycles. The first kappa shape index (κ1) is 63.0. The zero-order valence-corrected chi connectivity index (χ0v) is 44.7. The maximum atomic E-state index is 13.6. The minimum atomic E-state index is -4.35. The van der Waals surface area contributed by atoms with Crippen LogP contribution in [0.15, 0.2) is 42.6 Å². The monoisotopic (exact) mass is 1160 g/mol. The van der Waals surface area contributed by atoms with E-state index in [9.17, 15) is 27.6 Å². The lowest BCUT2D eigenvalue weighted by Gasteiger charge is -2.40. The summed E-state index contributed by atoms with van der Waals surface area (Å²) in [5.41, 5.74) is 0.995. The highest BCUT2D eigenvalue weighted by molar-refractivity contribution is 7.51. The van der Waals surface area contributed by atoms with Crippen molar-refractivity contribution in [2.75, 3.05) is 142 Å². The Morgan fingerprint density at radius 1 is 0.797 bits per heavy atom. The molecule has 0 spiro atoms. The van der Waals surface area contributed by atoms with Crippen LogP contribution in [0.2, 0.25) is 5.28 Å². The molecular weight excluding hydrogens is 1100 g/mol. The second-order valence-corrected chi connectivity index (χ2v) is 19.1. The molecule has 79 heavy (non-hydrogen) atoms. The number of nitrogens with zero attached hydrogens (tertiary/aromatic N) is 6. The number of benzene rings is 2. The van der Waals surface area contributed by atoms with Gasteiger partial charge in [-0.15, -0.1) is 5.10 Å². The highest BCUT2D eigenvalue weighted by atomic mass is 35.5. The molecule has 2 aliphatic rings. The van der Waals surface area contributed by atoms with Gasteiger partial charge in [-0.2, -0.15) is 9.97 Å². The number of anilines is 2. The largest absolute Gasteiger partial charge is 0.491 e. The number of ether oxygens (including phenoxy) is 13. The van der Waals surface area contributed by atoms with Gasteiger partial charge in [-0.05, 0) is 35.9 Å². The third-order valence-corrected chi connectivity index (χ3v) is 11.7. The summed E-state index contributed by atoms with van der Waals surface area (Å²) in [5.74, 6) is -3.77. The van der Waals surface area contributed by atoms with Crippen molar-refractivity contribution in [1.82, 2.24) is 25.0 Å². The van der Waals surface area contributed by atoms with Gasteiger partial charge in [0.25, 0.3) is 0 Å². The average Bonchev–Trinajstić information content (AvgIpc) is 4.03. The van der Waals surface area contributed by atoms with E-state index in [1.165, 1.54) is 0 Å². The van der Waals surface area contributed by atoms with E-state index in [1.54, 1.807) is 35.1 Å². The van der Waals surface area contributed by atoms with Crippen LogP contribution < -0.4 is 24.4 Å². The van der Waals surface area contributed by atoms with E-state index in [-0.39, 0.29) is 63.1 Å². The van der Waals surface area contributed by atoms with E-state index in [0.717, 1.165) is 6.21 Å². The quantitative estimate of drug-likeness (QED) is 0.0106. The molecule has 2 fully saturated rings. The summed E-state index contributed by atoms with van der Waals surface area (Å²) in [6, 6.07) is 8.05. The first-order chi connectivity index (χ1) is 38.2. The summed E-state index contributed by atoms with van der Waals surface area (Å²) >= 11 is 6.25. The molecule has 6 rings (SSSR count). The van der Waals surface area contributed by atoms with Gasteiger partial charge in [0.15, 0.2) is 17.9 Å². The van der Waals surface area contributed by atoms with Crippen LogP contribution >= 0.6 is 19.2 Å². The molecule has 3 atom stereocenters. The van der Waals surface area contributed by atoms with E-state index in [2.05, 4.69) is 30.3 Å². The van der Waals surface area contributed by atoms with Crippen LogP contribution in [0.25, 0.3) is 0 Å². The van der Waals surface area contributed by atoms with Crippen molar-refractivity contribution < 1.29 is 99.0 Å². The SMILES string of the molecule is N=Cc1c(N[C@@H]2O[C@H](COCP(=O)(O)O)C[C@H]2O)nc(Cl)nc1N1CC(Oc2ccc(OCCOCCOCCOCCOCc3cn(CCOCCOCCOCCOCCC(=O)Oc4c(F)cc(F)cc4F)nn3)cc2)C1. The van der Waals surface area contributed by atoms with Crippen molar-refractivity contribution in [1.29, 1.82) is 5.41 Å². The van der Waals surface area contributed by atoms with Crippen molar-refractivity contribution in [2.24, 2.45) is 0 Å². The molecule has 26 nitrogen and oxygen atoms in total. The van der Waals surface area contributed by atoms with E-state index in [4.69, 9.17) is 83.6 Å². The third-order valence-electron chi connectivity index (χ3n) is 11.0. The van der Waals surface area contributed by atoms with Crippen LogP contribution in [0.5, 0.6) is 17.2 Å². The highest BCUT2D eigenvalue weighted by Gasteiger charge is 2.37. The molecule has 0 saturated carbocycles. The zero-order chi connectivity index (χ0) is 56.2. The molecule has 0 amide bonds. The van der Waals surface area contributed by atoms with Crippen LogP contribution in [-0.4, -0.2) is 208 Å². The van der Waals surface area contributed by atoms with Crippen LogP contribution in [-0.2, 0) is 69.9 Å². The lowest BCUT2D eigenvalue weighted by Crippen LogP contribution is -2.54. The van der Waals surface area contributed by atoms with Gasteiger partial charge < -0.3 is 92.1 Å². The molecule has 2 saturated heterocycles. The Hall–Kier alpha value is -5.21. The van der Waals surface area contributed by atoms with E-state index < -0.39 is 61.6 Å². The van der Waals surface area contributed by atoms with Gasteiger partial charge >= 0.3 is 13.6 Å². The van der Waals surface area contributed by atoms with Gasteiger partial charge in [0.1, 0.15) is 59.8 Å². The normalized spacial score (nSPS) is 16.5. The second-order valence-electron chi connectivity index (χ2n) is 17.2. The van der Waals surface area contributed by atoms with Crippen molar-refractivity contribution >= 4 is 43.0 Å². The molecule has 0 aliphatic carbocycles. The van der Waals surface area contributed by atoms with Crippen LogP contribution in [0.1, 0.15) is 24.1 Å². The predicted molar refractivity (Wildman–Crippen MR) is 271 cm³/mol. The maximum absolute atomic E-state index is 13.6. The number of aliphatic hydroxyl groups is 1. The van der Waals surface area contributed by atoms with E-state index >= 15 is 0 Å². The fourth-order valence-electron chi connectivity index (χ4n) is 7.26. The number of aromatic nitrogens is 5. The fraction of sp³-hybridized carbons (Fsp3) is 0.583. The fourth-order valence-corrected chi connectivity index (χ4v) is 7.77. The second kappa shape index (κ2) is 34.2. The van der Waals surface area contributed by atoms with Gasteiger partial charge in [-0.25, -0.2) is 17.9 Å². The molecule has 2 aromatic carbocycles. The lowest BCUT2D eigenvalue weighted by molar-refractivity contribution is -0.136. The van der Waals surface area contributed by atoms with Gasteiger partial charge in [0, 0.05) is 24.8 Å². The predicted octanol–water partition coefficient (Wildman–Crippen LogP) is 3.15. The van der Waals surface area contributed by atoms with Gasteiger partial charge in [0.05, 0.1) is 156 Å². The molecule has 2 aliphatic heterocycles. The van der Waals surface area contributed by atoms with Gasteiger partial charge in [0.2, 0.25) is 11.0 Å². The number of aliphatic hydroxyl groups excluding tert-OH is 1. The van der Waals surface area contributed by atoms with Crippen molar-refractivity contribution in [3.8, 4) is 17.2 Å². The molecule has 4 heterocycles. The van der Waals surface area contributed by atoms with Crippen LogP contribution in [0.4, 0.5) is 24.8 Å². The Labute approximate surface area is 457 Å². The molecule has 438 valence electrons. The Kier molecular flexibility index (Phi) is 27.2. The van der Waals surface area contributed by atoms with E-state index in [0.29, 0.717) is 146 Å². The Morgan fingerprint density at radius 2 is 1.37 bits per heavy atom. The van der Waals surface area contributed by atoms with Crippen molar-refractivity contribution in [2.45, 2.75) is 50.5 Å². The van der Waals surface area contributed by atoms with E-state index in [1.807, 2.05) is 4.90 Å². The third kappa shape index (κ3) is 23.4. The summed E-state index contributed by atoms with van der Waals surface area (Å²) in [6.45, 7) is 6.77. The number of carbonyl (C=O) groups is 1. The van der Waals surface area contributed by atoms with Crippen molar-refractivity contribution in [3.05, 3.63) is 76.6 Å². The average molecular weight is 1170 g/mol. The first-order valence-electron chi connectivity index (χ1n) is 25.0. The summed E-state index contributed by atoms with van der Waals surface area (Å²) in [7, 11) is -4.35. The van der Waals surface area contributed by atoms with Crippen molar-refractivity contribution in [3.63, 3.8) is 0 Å². The summed E-state index contributed by atoms with van der Waals surface area (Å²) in [5, 5.41) is 29.7. The summed E-state index contributed by atoms with van der Waals surface area (Å²) in [4.78, 5) is 40.2. The minimum Gasteiger partial charge on any atom is -0.491 e. The Morgan fingerprint density at radius 3 is 1.97 bits per heavy atom. The number of carbonyl (C=O) groups excluding carboxylic acids is 1. The topological polar surface area (TPSA) is 310 Å². The zero-order valence-electron chi connectivity index (χ0n) is 43.0. The smallest absolute Gasteiger partial charge is 0.350 e. The Balaban J connectivity index is 0.683. The number of nitrogens with one attached hydrogen (secondary N) is 2. The minimum absolute atomic E-state index is 0.0566. The number of hydrogen-bond donors (Lipinski definition) is 5. The molecular formula is C48H65ClF3N8O18P. The Bertz CT molecular complexity index is 2480. The molecule has 0 radical (unpaired) electrons. The summed E-state index contributed by atoms with van der Waals surface area (Å²) < 4.78 is 124. The number of rotatable bonds is 41. The molecule has 0 bridgehead atoms. The number of hydrogen-bond acceptors (Lipinski definition) is 23. The molecule has 31 heteroatoms. The van der Waals surface area contributed by atoms with Crippen LogP contribution in [0.3, 0.4) is 0 Å². The lowest BCUT2D eigenvalue weighted by atomic mass is 10.1. The highest BCUT2D eigenvalue weighted by Crippen LogP contribution is 2.35. The standard InChI is InChI=1S/C48H65ClF3N8O18P/c49-48-55-45(54-47-42(61)25-37(77-47)31-74-32-79(63,64)65)39(26-53)46(56-48)59-28-38(29-59)76-36-3-1-35(2-4-36)75-22-21-72-18-17-70-15-16-71-19-20-73-30-34-27-60(58-57-34)6-8-67-10-12-69-14-13-68-11-9-66-7-5-43(62)78-44-40(51)23-33(50)24-41(44)52/h1-4,23-24,26-27,37-38,42,47,53,61H,5-22,25,28-32H2,(H,54,55,56)(H2,63,64,65)/t37-,42+,47+/m0/s1. The molecule has 4 aromatic rings.